The molecule has 0 aliphatic heterocycles. The Balaban J connectivity index is 1.67. The highest BCUT2D eigenvalue weighted by molar-refractivity contribution is 5.87. The Bertz CT molecular complexity index is 755. The highest BCUT2D eigenvalue weighted by Gasteiger charge is 2.36. The summed E-state index contributed by atoms with van der Waals surface area (Å²) in [6.07, 6.45) is 8.59. The maximum absolute atomic E-state index is 11.0. The average Bonchev–Trinajstić information content (AvgIpc) is 2.55. The summed E-state index contributed by atoms with van der Waals surface area (Å²) >= 11 is 0. The lowest BCUT2D eigenvalue weighted by Crippen LogP contribution is -2.32. The summed E-state index contributed by atoms with van der Waals surface area (Å²) in [6.45, 7) is 2.46. The fraction of sp³-hybridized carbons (Fsp3) is 0.409. The zero-order valence-electron chi connectivity index (χ0n) is 14.3. The van der Waals surface area contributed by atoms with Gasteiger partial charge in [-0.05, 0) is 90.3 Å². The number of hydrogen-bond donors (Lipinski definition) is 1. The van der Waals surface area contributed by atoms with E-state index in [0.29, 0.717) is 11.0 Å². The van der Waals surface area contributed by atoms with E-state index in [0.717, 1.165) is 6.42 Å². The summed E-state index contributed by atoms with van der Waals surface area (Å²) in [5, 5.41) is 9.02. The van der Waals surface area contributed by atoms with Gasteiger partial charge in [0.2, 0.25) is 0 Å². The third-order valence-corrected chi connectivity index (χ3v) is 5.92. The molecule has 2 aliphatic rings. The molecule has 0 aromatic heterocycles. The molecule has 0 saturated carbocycles. The molecule has 124 valence electrons. The van der Waals surface area contributed by atoms with Crippen LogP contribution in [0, 0.1) is 0 Å². The Morgan fingerprint density at radius 2 is 1.58 bits per heavy atom. The second-order valence-corrected chi connectivity index (χ2v) is 7.74. The Morgan fingerprint density at radius 3 is 2.12 bits per heavy atom. The van der Waals surface area contributed by atoms with E-state index in [9.17, 15) is 4.79 Å². The molecule has 24 heavy (non-hydrogen) atoms. The van der Waals surface area contributed by atoms with Crippen molar-refractivity contribution in [1.29, 1.82) is 0 Å². The second-order valence-electron chi connectivity index (χ2n) is 7.74. The quantitative estimate of drug-likeness (QED) is 0.873. The van der Waals surface area contributed by atoms with Crippen molar-refractivity contribution in [3.8, 4) is 0 Å². The van der Waals surface area contributed by atoms with Gasteiger partial charge in [0, 0.05) is 0 Å². The van der Waals surface area contributed by atoms with E-state index in [-0.39, 0.29) is 0 Å². The van der Waals surface area contributed by atoms with Gasteiger partial charge < -0.3 is 5.11 Å². The number of carbonyl (C=O) groups is 1. The maximum atomic E-state index is 11.0. The molecular formula is C22H24O2. The molecule has 1 N–H and O–H groups in total. The van der Waals surface area contributed by atoms with Crippen molar-refractivity contribution < 1.29 is 9.90 Å². The molecule has 0 fully saturated rings. The molecule has 0 amide bonds. The van der Waals surface area contributed by atoms with Gasteiger partial charge >= 0.3 is 5.97 Å². The number of carboxylic acids is 1. The van der Waals surface area contributed by atoms with Crippen molar-refractivity contribution >= 4 is 5.97 Å². The number of rotatable bonds is 3. The Hall–Kier alpha value is -2.09. The van der Waals surface area contributed by atoms with Gasteiger partial charge in [-0.1, -0.05) is 31.2 Å². The smallest absolute Gasteiger partial charge is 0.335 e. The summed E-state index contributed by atoms with van der Waals surface area (Å²) in [6, 6.07) is 12.1. The minimum Gasteiger partial charge on any atom is -0.478 e. The summed E-state index contributed by atoms with van der Waals surface area (Å²) in [5.41, 5.74) is 8.11. The molecule has 0 saturated heterocycles. The SMILES string of the molecule is CC12CCCc3cc(Cc4ccc(C(=O)O)cc4)cc(c31)CCC2. The van der Waals surface area contributed by atoms with Crippen molar-refractivity contribution in [3.05, 3.63) is 69.8 Å². The monoisotopic (exact) mass is 320 g/mol. The van der Waals surface area contributed by atoms with Crippen LogP contribution in [-0.4, -0.2) is 11.1 Å². The summed E-state index contributed by atoms with van der Waals surface area (Å²) in [4.78, 5) is 11.0. The fourth-order valence-electron chi connectivity index (χ4n) is 4.83. The van der Waals surface area contributed by atoms with E-state index in [1.165, 1.54) is 49.7 Å². The first kappa shape index (κ1) is 15.4. The van der Waals surface area contributed by atoms with Crippen LogP contribution in [0.1, 0.15) is 70.8 Å². The van der Waals surface area contributed by atoms with Gasteiger partial charge in [-0.25, -0.2) is 4.79 Å². The van der Waals surface area contributed by atoms with Crippen LogP contribution in [0.3, 0.4) is 0 Å². The summed E-state index contributed by atoms with van der Waals surface area (Å²) < 4.78 is 0. The van der Waals surface area contributed by atoms with E-state index < -0.39 is 5.97 Å². The average molecular weight is 320 g/mol. The molecule has 0 atom stereocenters. The molecule has 0 radical (unpaired) electrons. The maximum Gasteiger partial charge on any atom is 0.335 e. The topological polar surface area (TPSA) is 37.3 Å². The predicted octanol–water partition coefficient (Wildman–Crippen LogP) is 4.91. The molecule has 0 spiro atoms. The van der Waals surface area contributed by atoms with Crippen molar-refractivity contribution in [2.45, 2.75) is 57.3 Å². The van der Waals surface area contributed by atoms with Crippen molar-refractivity contribution in [3.63, 3.8) is 0 Å². The van der Waals surface area contributed by atoms with Crippen LogP contribution in [0.2, 0.25) is 0 Å². The Kier molecular flexibility index (Phi) is 3.71. The van der Waals surface area contributed by atoms with Crippen molar-refractivity contribution in [2.24, 2.45) is 0 Å². The van der Waals surface area contributed by atoms with Crippen LogP contribution in [0.5, 0.6) is 0 Å². The third kappa shape index (κ3) is 2.64. The highest BCUT2D eigenvalue weighted by atomic mass is 16.4. The standard InChI is InChI=1S/C22H24O2/c1-22-10-2-4-18-13-16(14-19(20(18)22)5-3-11-22)12-15-6-8-17(9-7-15)21(23)24/h6-9,13-14H,2-5,10-12H2,1H3,(H,23,24). The molecule has 2 aliphatic carbocycles. The number of hydrogen-bond acceptors (Lipinski definition) is 1. The largest absolute Gasteiger partial charge is 0.478 e. The number of aromatic carboxylic acids is 1. The van der Waals surface area contributed by atoms with Gasteiger partial charge in [-0.3, -0.25) is 0 Å². The number of aryl methyl sites for hydroxylation is 2. The first-order chi connectivity index (χ1) is 11.5. The van der Waals surface area contributed by atoms with Crippen LogP contribution in [0.15, 0.2) is 36.4 Å². The third-order valence-electron chi connectivity index (χ3n) is 5.92. The lowest BCUT2D eigenvalue weighted by atomic mass is 9.63. The van der Waals surface area contributed by atoms with Gasteiger partial charge in [0.1, 0.15) is 0 Å². The van der Waals surface area contributed by atoms with Crippen molar-refractivity contribution in [1.82, 2.24) is 0 Å². The Labute approximate surface area is 143 Å². The van der Waals surface area contributed by atoms with Gasteiger partial charge in [-0.2, -0.15) is 0 Å². The minimum atomic E-state index is -0.862. The second kappa shape index (κ2) is 5.77. The zero-order chi connectivity index (χ0) is 16.7. The van der Waals surface area contributed by atoms with E-state index in [1.54, 1.807) is 28.8 Å². The van der Waals surface area contributed by atoms with Crippen LogP contribution < -0.4 is 0 Å². The number of benzene rings is 2. The van der Waals surface area contributed by atoms with Gasteiger partial charge in [0.25, 0.3) is 0 Å². The normalized spacial score (nSPS) is 18.0. The molecule has 0 unspecified atom stereocenters. The van der Waals surface area contributed by atoms with Crippen LogP contribution in [0.25, 0.3) is 0 Å². The Morgan fingerprint density at radius 1 is 1.00 bits per heavy atom. The summed E-state index contributed by atoms with van der Waals surface area (Å²) in [7, 11) is 0. The lowest BCUT2D eigenvalue weighted by Gasteiger charge is -2.41. The predicted molar refractivity (Wildman–Crippen MR) is 95.9 cm³/mol. The molecule has 2 aromatic carbocycles. The molecule has 2 nitrogen and oxygen atoms in total. The molecular weight excluding hydrogens is 296 g/mol. The van der Waals surface area contributed by atoms with Gasteiger partial charge in [0.05, 0.1) is 5.56 Å². The highest BCUT2D eigenvalue weighted by Crippen LogP contribution is 2.46. The lowest BCUT2D eigenvalue weighted by molar-refractivity contribution is 0.0697. The molecule has 0 heterocycles. The molecule has 2 heteroatoms. The van der Waals surface area contributed by atoms with Crippen LogP contribution in [0.4, 0.5) is 0 Å². The molecule has 2 aromatic rings. The fourth-order valence-corrected chi connectivity index (χ4v) is 4.83. The molecule has 0 bridgehead atoms. The zero-order valence-corrected chi connectivity index (χ0v) is 14.3. The first-order valence-corrected chi connectivity index (χ1v) is 9.03. The van der Waals surface area contributed by atoms with Gasteiger partial charge in [-0.15, -0.1) is 0 Å². The van der Waals surface area contributed by atoms with E-state index in [2.05, 4.69) is 19.1 Å². The first-order valence-electron chi connectivity index (χ1n) is 9.03. The van der Waals surface area contributed by atoms with E-state index >= 15 is 0 Å². The van der Waals surface area contributed by atoms with E-state index in [1.807, 2.05) is 12.1 Å². The minimum absolute atomic E-state index is 0.357. The summed E-state index contributed by atoms with van der Waals surface area (Å²) in [5.74, 6) is -0.862. The van der Waals surface area contributed by atoms with Crippen molar-refractivity contribution in [2.75, 3.05) is 0 Å². The van der Waals surface area contributed by atoms with E-state index in [4.69, 9.17) is 5.11 Å². The number of carboxylic acid groups (broad SMARTS) is 1. The van der Waals surface area contributed by atoms with Crippen LogP contribution in [-0.2, 0) is 24.7 Å². The van der Waals surface area contributed by atoms with Gasteiger partial charge in [0.15, 0.2) is 0 Å². The molecule has 4 rings (SSSR count). The van der Waals surface area contributed by atoms with Crippen LogP contribution >= 0.6 is 0 Å².